The number of alkyl halides is 2. The zero-order valence-corrected chi connectivity index (χ0v) is 6.99. The van der Waals surface area contributed by atoms with Gasteiger partial charge < -0.3 is 10.2 Å². The first-order valence-electron chi connectivity index (χ1n) is 2.55. The van der Waals surface area contributed by atoms with Gasteiger partial charge in [0.1, 0.15) is 25.6 Å². The number of rotatable bonds is 3. The molecule has 2 atom stereocenters. The van der Waals surface area contributed by atoms with Gasteiger partial charge in [-0.2, -0.15) is 0 Å². The molecular formula is C5H10F2O2Ti. The average molecular weight is 188 g/mol. The zero-order valence-electron chi connectivity index (χ0n) is 5.43. The molecule has 60 valence electrons. The van der Waals surface area contributed by atoms with Crippen LogP contribution in [0.3, 0.4) is 0 Å². The molecule has 0 aromatic heterocycles. The molecule has 0 spiro atoms. The van der Waals surface area contributed by atoms with E-state index >= 15 is 0 Å². The van der Waals surface area contributed by atoms with Crippen molar-refractivity contribution in [2.75, 3.05) is 13.3 Å². The van der Waals surface area contributed by atoms with Crippen molar-refractivity contribution in [1.82, 2.24) is 0 Å². The van der Waals surface area contributed by atoms with Gasteiger partial charge in [0, 0.05) is 0 Å². The SMILES string of the molecule is O[C@H](CF)[C@H](O)CF.[CH2]=[Ti]. The summed E-state index contributed by atoms with van der Waals surface area (Å²) in [5.74, 6) is 0. The molecule has 10 heavy (non-hydrogen) atoms. The van der Waals surface area contributed by atoms with Gasteiger partial charge in [-0.05, 0) is 0 Å². The van der Waals surface area contributed by atoms with Crippen molar-refractivity contribution in [1.29, 1.82) is 0 Å². The molecule has 0 fully saturated rings. The Kier molecular flexibility index (Phi) is 12.2. The van der Waals surface area contributed by atoms with Crippen LogP contribution in [0.15, 0.2) is 0 Å². The Balaban J connectivity index is 0. The van der Waals surface area contributed by atoms with Gasteiger partial charge >= 0.3 is 24.8 Å². The van der Waals surface area contributed by atoms with E-state index in [1.54, 1.807) is 20.0 Å². The monoisotopic (exact) mass is 188 g/mol. The molecule has 0 aliphatic heterocycles. The molecule has 0 radical (unpaired) electrons. The van der Waals surface area contributed by atoms with Crippen LogP contribution >= 0.6 is 0 Å². The summed E-state index contributed by atoms with van der Waals surface area (Å²) in [6.45, 7) is -2.21. The fourth-order valence-corrected chi connectivity index (χ4v) is 0.206. The molecule has 0 aliphatic carbocycles. The van der Waals surface area contributed by atoms with Crippen LogP contribution in [0.25, 0.3) is 0 Å². The van der Waals surface area contributed by atoms with Crippen LogP contribution in [0.2, 0.25) is 0 Å². The van der Waals surface area contributed by atoms with Crippen LogP contribution in [-0.4, -0.2) is 40.6 Å². The maximum atomic E-state index is 11.2. The Morgan fingerprint density at radius 2 is 1.30 bits per heavy atom. The van der Waals surface area contributed by atoms with Gasteiger partial charge in [-0.1, -0.05) is 0 Å². The first kappa shape index (κ1) is 13.0. The predicted octanol–water partition coefficient (Wildman–Crippen LogP) is -0.388. The minimum absolute atomic E-state index is 1.11. The first-order valence-corrected chi connectivity index (χ1v) is 3.66. The maximum absolute atomic E-state index is 11.2. The molecule has 0 aromatic carbocycles. The Labute approximate surface area is 69.8 Å². The van der Waals surface area contributed by atoms with E-state index in [4.69, 9.17) is 10.2 Å². The van der Waals surface area contributed by atoms with E-state index < -0.39 is 25.6 Å². The van der Waals surface area contributed by atoms with Crippen molar-refractivity contribution in [3.63, 3.8) is 0 Å². The zero-order chi connectivity index (χ0) is 8.57. The molecule has 0 saturated heterocycles. The summed E-state index contributed by atoms with van der Waals surface area (Å²) in [7, 11) is 0. The average Bonchev–Trinajstić information content (AvgIpc) is 2.05. The van der Waals surface area contributed by atoms with E-state index in [9.17, 15) is 8.78 Å². The van der Waals surface area contributed by atoms with Gasteiger partial charge in [0.15, 0.2) is 0 Å². The van der Waals surface area contributed by atoms with E-state index in [1.165, 1.54) is 0 Å². The summed E-state index contributed by atoms with van der Waals surface area (Å²) in [6.07, 6.45) is -3.14. The summed E-state index contributed by atoms with van der Waals surface area (Å²) < 4.78 is 22.5. The van der Waals surface area contributed by atoms with Crippen LogP contribution in [0.4, 0.5) is 8.78 Å². The Morgan fingerprint density at radius 1 is 1.10 bits per heavy atom. The van der Waals surface area contributed by atoms with Gasteiger partial charge in [-0.25, -0.2) is 8.78 Å². The summed E-state index contributed by atoms with van der Waals surface area (Å²) in [5, 5.41) is 16.5. The standard InChI is InChI=1S/C4H8F2O2.CH2.Ti/c5-1-3(7)4(8)2-6;;/h3-4,7-8H,1-2H2;1H2;/t3-,4-;;/m1../s1. The molecular weight excluding hydrogens is 178 g/mol. The number of halogens is 2. The normalized spacial score (nSPS) is 14.7. The molecule has 0 bridgehead atoms. The molecule has 2 N–H and O–H groups in total. The molecule has 0 rings (SSSR count). The Bertz CT molecular complexity index is 66.7. The number of aliphatic hydroxyl groups is 2. The summed E-state index contributed by atoms with van der Waals surface area (Å²) >= 11 is 1.75. The van der Waals surface area contributed by atoms with Crippen molar-refractivity contribution in [3.8, 4) is 0 Å². The van der Waals surface area contributed by atoms with Crippen LogP contribution in [-0.2, 0) is 20.0 Å². The van der Waals surface area contributed by atoms with Gasteiger partial charge in [-0.15, -0.1) is 0 Å². The third kappa shape index (κ3) is 6.48. The fraction of sp³-hybridized carbons (Fsp3) is 0.800. The number of hydrogen-bond donors (Lipinski definition) is 2. The van der Waals surface area contributed by atoms with E-state index in [1.807, 2.05) is 0 Å². The Morgan fingerprint density at radius 3 is 1.40 bits per heavy atom. The van der Waals surface area contributed by atoms with Gasteiger partial charge in [0.2, 0.25) is 0 Å². The van der Waals surface area contributed by atoms with Crippen molar-refractivity contribution in [2.45, 2.75) is 12.2 Å². The van der Waals surface area contributed by atoms with Crippen LogP contribution in [0.5, 0.6) is 0 Å². The van der Waals surface area contributed by atoms with Crippen LogP contribution in [0, 0.1) is 0 Å². The molecule has 2 nitrogen and oxygen atoms in total. The Hall–Kier alpha value is 0.364. The second-order valence-corrected chi connectivity index (χ2v) is 1.44. The summed E-state index contributed by atoms with van der Waals surface area (Å²) in [5.41, 5.74) is 0. The van der Waals surface area contributed by atoms with Crippen LogP contribution in [0.1, 0.15) is 0 Å². The number of hydrogen-bond acceptors (Lipinski definition) is 2. The summed E-state index contributed by atoms with van der Waals surface area (Å²) in [4.78, 5) is 3.25. The summed E-state index contributed by atoms with van der Waals surface area (Å²) in [6, 6.07) is 0. The minimum atomic E-state index is -1.57. The van der Waals surface area contributed by atoms with Gasteiger partial charge in [0.05, 0.1) is 0 Å². The quantitative estimate of drug-likeness (QED) is 0.592. The molecule has 0 heterocycles. The molecule has 0 aromatic rings. The van der Waals surface area contributed by atoms with Crippen molar-refractivity contribution < 1.29 is 39.0 Å². The molecule has 0 amide bonds. The third-order valence-electron chi connectivity index (χ3n) is 0.760. The van der Waals surface area contributed by atoms with Crippen molar-refractivity contribution in [2.24, 2.45) is 0 Å². The van der Waals surface area contributed by atoms with E-state index in [0.717, 1.165) is 0 Å². The second-order valence-electron chi connectivity index (χ2n) is 1.44. The van der Waals surface area contributed by atoms with Crippen LogP contribution < -0.4 is 0 Å². The molecule has 5 heteroatoms. The second kappa shape index (κ2) is 9.36. The molecule has 0 aliphatic rings. The topological polar surface area (TPSA) is 40.5 Å². The van der Waals surface area contributed by atoms with Crippen molar-refractivity contribution in [3.05, 3.63) is 0 Å². The predicted molar refractivity (Wildman–Crippen MR) is 31.1 cm³/mol. The van der Waals surface area contributed by atoms with E-state index in [0.29, 0.717) is 0 Å². The fourth-order valence-electron chi connectivity index (χ4n) is 0.206. The number of aliphatic hydroxyl groups excluding tert-OH is 2. The van der Waals surface area contributed by atoms with Gasteiger partial charge in [-0.3, -0.25) is 0 Å². The van der Waals surface area contributed by atoms with Crippen molar-refractivity contribution >= 4 is 4.82 Å². The molecule has 0 saturated carbocycles. The van der Waals surface area contributed by atoms with Gasteiger partial charge in [0.25, 0.3) is 0 Å². The van der Waals surface area contributed by atoms with E-state index in [-0.39, 0.29) is 0 Å². The van der Waals surface area contributed by atoms with E-state index in [2.05, 4.69) is 4.82 Å². The first-order chi connectivity index (χ1) is 4.72. The third-order valence-corrected chi connectivity index (χ3v) is 0.760. The molecule has 0 unspecified atom stereocenters.